The van der Waals surface area contributed by atoms with Crippen LogP contribution < -0.4 is 0 Å². The van der Waals surface area contributed by atoms with Crippen LogP contribution in [-0.4, -0.2) is 24.2 Å². The fourth-order valence-corrected chi connectivity index (χ4v) is 2.06. The Morgan fingerprint density at radius 3 is 2.83 bits per heavy atom. The maximum absolute atomic E-state index is 10.5. The van der Waals surface area contributed by atoms with Crippen molar-refractivity contribution in [2.45, 2.75) is 18.4 Å². The minimum Gasteiger partial charge on any atom is -0.377 e. The van der Waals surface area contributed by atoms with Gasteiger partial charge in [0.05, 0.1) is 24.2 Å². The minimum absolute atomic E-state index is 0.0545. The van der Waals surface area contributed by atoms with Crippen LogP contribution in [0.15, 0.2) is 29.4 Å². The van der Waals surface area contributed by atoms with Crippen LogP contribution in [0.5, 0.6) is 0 Å². The first-order valence-electron chi connectivity index (χ1n) is 5.57. The summed E-state index contributed by atoms with van der Waals surface area (Å²) < 4.78 is 5.50. The number of nitro benzene ring substituents is 1. The number of non-ortho nitro benzene ring substituents is 1. The first-order valence-corrected chi connectivity index (χ1v) is 5.57. The molecule has 1 aliphatic heterocycles. The third kappa shape index (κ3) is 2.77. The van der Waals surface area contributed by atoms with Gasteiger partial charge in [0.15, 0.2) is 0 Å². The Morgan fingerprint density at radius 1 is 1.50 bits per heavy atom. The number of benzene rings is 1. The summed E-state index contributed by atoms with van der Waals surface area (Å²) >= 11 is 0. The number of ether oxygens (including phenoxy) is 1. The Morgan fingerprint density at radius 2 is 2.22 bits per heavy atom. The maximum Gasteiger partial charge on any atom is 0.269 e. The molecule has 0 N–H and O–H groups in total. The predicted octanol–water partition coefficient (Wildman–Crippen LogP) is 2.78. The second kappa shape index (κ2) is 5.48. The van der Waals surface area contributed by atoms with E-state index in [0.29, 0.717) is 13.2 Å². The van der Waals surface area contributed by atoms with Crippen LogP contribution in [0, 0.1) is 10.1 Å². The molecule has 7 heteroatoms. The van der Waals surface area contributed by atoms with Crippen molar-refractivity contribution in [2.75, 3.05) is 13.2 Å². The van der Waals surface area contributed by atoms with Crippen molar-refractivity contribution >= 4 is 5.69 Å². The van der Waals surface area contributed by atoms with Gasteiger partial charge in [0.1, 0.15) is 0 Å². The molecule has 1 aromatic carbocycles. The molecular formula is C11H12N4O3. The van der Waals surface area contributed by atoms with E-state index in [-0.39, 0.29) is 17.7 Å². The average molecular weight is 248 g/mol. The smallest absolute Gasteiger partial charge is 0.269 e. The van der Waals surface area contributed by atoms with Crippen LogP contribution >= 0.6 is 0 Å². The topological polar surface area (TPSA) is 101 Å². The number of rotatable bonds is 4. The molecule has 18 heavy (non-hydrogen) atoms. The predicted molar refractivity (Wildman–Crippen MR) is 64.2 cm³/mol. The summed E-state index contributed by atoms with van der Waals surface area (Å²) in [4.78, 5) is 12.8. The standard InChI is InChI=1S/C11H12N4O3/c12-14-13-6-11-5-9(7-18-11)8-1-3-10(4-2-8)15(16)17/h1-4,9,11H,5-7H2. The molecule has 94 valence electrons. The van der Waals surface area contributed by atoms with Gasteiger partial charge >= 0.3 is 0 Å². The fraction of sp³-hybridized carbons (Fsp3) is 0.455. The highest BCUT2D eigenvalue weighted by Gasteiger charge is 2.26. The molecule has 0 bridgehead atoms. The Kier molecular flexibility index (Phi) is 3.76. The highest BCUT2D eigenvalue weighted by atomic mass is 16.6. The molecule has 0 aromatic heterocycles. The molecule has 7 nitrogen and oxygen atoms in total. The van der Waals surface area contributed by atoms with E-state index in [1.807, 2.05) is 0 Å². The molecular weight excluding hydrogens is 236 g/mol. The van der Waals surface area contributed by atoms with Gasteiger partial charge in [-0.05, 0) is 17.5 Å². The van der Waals surface area contributed by atoms with Gasteiger partial charge in [-0.3, -0.25) is 10.1 Å². The highest BCUT2D eigenvalue weighted by Crippen LogP contribution is 2.30. The summed E-state index contributed by atoms with van der Waals surface area (Å²) in [6.07, 6.45) is 0.720. The summed E-state index contributed by atoms with van der Waals surface area (Å²) in [6.45, 7) is 0.892. The molecule has 1 aromatic rings. The lowest BCUT2D eigenvalue weighted by Crippen LogP contribution is -2.08. The van der Waals surface area contributed by atoms with Crippen molar-refractivity contribution < 1.29 is 9.66 Å². The SMILES string of the molecule is [N-]=[N+]=NCC1CC(c2ccc([N+](=O)[O-])cc2)CO1. The Labute approximate surface area is 103 Å². The summed E-state index contributed by atoms with van der Waals surface area (Å²) in [5.41, 5.74) is 9.34. The molecule has 2 atom stereocenters. The van der Waals surface area contributed by atoms with E-state index >= 15 is 0 Å². The van der Waals surface area contributed by atoms with Crippen LogP contribution in [0.1, 0.15) is 17.9 Å². The van der Waals surface area contributed by atoms with Crippen molar-refractivity contribution in [1.82, 2.24) is 0 Å². The summed E-state index contributed by atoms with van der Waals surface area (Å²) in [5, 5.41) is 14.0. The fourth-order valence-electron chi connectivity index (χ4n) is 2.06. The molecule has 0 saturated carbocycles. The molecule has 1 aliphatic rings. The second-order valence-electron chi connectivity index (χ2n) is 4.15. The minimum atomic E-state index is -0.417. The van der Waals surface area contributed by atoms with E-state index < -0.39 is 4.92 Å². The van der Waals surface area contributed by atoms with Crippen LogP contribution in [0.2, 0.25) is 0 Å². The zero-order valence-electron chi connectivity index (χ0n) is 9.60. The molecule has 2 rings (SSSR count). The normalized spacial score (nSPS) is 22.4. The molecule has 0 amide bonds. The Bertz CT molecular complexity index is 482. The second-order valence-corrected chi connectivity index (χ2v) is 4.15. The highest BCUT2D eigenvalue weighted by molar-refractivity contribution is 5.34. The maximum atomic E-state index is 10.5. The third-order valence-corrected chi connectivity index (χ3v) is 3.00. The Hall–Kier alpha value is -2.11. The van der Waals surface area contributed by atoms with E-state index in [2.05, 4.69) is 10.0 Å². The van der Waals surface area contributed by atoms with Crippen LogP contribution in [0.4, 0.5) is 5.69 Å². The lowest BCUT2D eigenvalue weighted by molar-refractivity contribution is -0.384. The van der Waals surface area contributed by atoms with Crippen LogP contribution in [0.3, 0.4) is 0 Å². The number of nitrogens with zero attached hydrogens (tertiary/aromatic N) is 4. The molecule has 1 heterocycles. The molecule has 1 saturated heterocycles. The van der Waals surface area contributed by atoms with Crippen molar-refractivity contribution in [2.24, 2.45) is 5.11 Å². The quantitative estimate of drug-likeness (QED) is 0.269. The van der Waals surface area contributed by atoms with Crippen LogP contribution in [-0.2, 0) is 4.74 Å². The van der Waals surface area contributed by atoms with Crippen molar-refractivity contribution in [3.63, 3.8) is 0 Å². The Balaban J connectivity index is 2.00. The third-order valence-electron chi connectivity index (χ3n) is 3.00. The average Bonchev–Trinajstić information content (AvgIpc) is 2.85. The van der Waals surface area contributed by atoms with Crippen molar-refractivity contribution in [3.05, 3.63) is 50.4 Å². The van der Waals surface area contributed by atoms with Gasteiger partial charge in [-0.15, -0.1) is 0 Å². The van der Waals surface area contributed by atoms with Crippen LogP contribution in [0.25, 0.3) is 10.4 Å². The summed E-state index contributed by atoms with van der Waals surface area (Å²) in [7, 11) is 0. The van der Waals surface area contributed by atoms with Gasteiger partial charge in [0.25, 0.3) is 5.69 Å². The number of nitro groups is 1. The van der Waals surface area contributed by atoms with Gasteiger partial charge in [-0.1, -0.05) is 17.2 Å². The van der Waals surface area contributed by atoms with E-state index in [1.54, 1.807) is 12.1 Å². The zero-order valence-corrected chi connectivity index (χ0v) is 9.60. The van der Waals surface area contributed by atoms with Gasteiger partial charge in [0.2, 0.25) is 0 Å². The van der Waals surface area contributed by atoms with Crippen molar-refractivity contribution in [1.29, 1.82) is 0 Å². The van der Waals surface area contributed by atoms with Gasteiger partial charge in [0, 0.05) is 23.0 Å². The monoisotopic (exact) mass is 248 g/mol. The summed E-state index contributed by atoms with van der Waals surface area (Å²) in [6, 6.07) is 6.50. The number of hydrogen-bond donors (Lipinski definition) is 0. The van der Waals surface area contributed by atoms with Gasteiger partial charge in [-0.25, -0.2) is 0 Å². The van der Waals surface area contributed by atoms with Crippen molar-refractivity contribution in [3.8, 4) is 0 Å². The van der Waals surface area contributed by atoms with E-state index in [9.17, 15) is 10.1 Å². The number of hydrogen-bond acceptors (Lipinski definition) is 4. The summed E-state index contributed by atoms with van der Waals surface area (Å²) in [5.74, 6) is 0.213. The van der Waals surface area contributed by atoms with Gasteiger partial charge in [-0.2, -0.15) is 0 Å². The van der Waals surface area contributed by atoms with Gasteiger partial charge < -0.3 is 4.74 Å². The van der Waals surface area contributed by atoms with E-state index in [4.69, 9.17) is 10.3 Å². The van der Waals surface area contributed by atoms with E-state index in [0.717, 1.165) is 12.0 Å². The zero-order chi connectivity index (χ0) is 13.0. The molecule has 2 unspecified atom stereocenters. The number of azide groups is 1. The molecule has 0 spiro atoms. The molecule has 1 fully saturated rings. The molecule has 0 aliphatic carbocycles. The first kappa shape index (κ1) is 12.3. The lowest BCUT2D eigenvalue weighted by Gasteiger charge is -2.07. The molecule has 0 radical (unpaired) electrons. The first-order chi connectivity index (χ1) is 8.70. The largest absolute Gasteiger partial charge is 0.377 e. The van der Waals surface area contributed by atoms with E-state index in [1.165, 1.54) is 12.1 Å². The lowest BCUT2D eigenvalue weighted by atomic mass is 9.96.